The van der Waals surface area contributed by atoms with Gasteiger partial charge in [0.25, 0.3) is 0 Å². The Bertz CT molecular complexity index is 1660. The predicted octanol–water partition coefficient (Wildman–Crippen LogP) is 2.63. The van der Waals surface area contributed by atoms with Gasteiger partial charge < -0.3 is 16.4 Å². The molecule has 0 amide bonds. The molecule has 0 saturated carbocycles. The van der Waals surface area contributed by atoms with E-state index >= 15 is 0 Å². The summed E-state index contributed by atoms with van der Waals surface area (Å²) in [4.78, 5) is 34.7. The molecule has 11 nitrogen and oxygen atoms in total. The summed E-state index contributed by atoms with van der Waals surface area (Å²) in [6, 6.07) is 6.17. The van der Waals surface area contributed by atoms with Crippen LogP contribution in [0.2, 0.25) is 10.0 Å². The number of benzene rings is 2. The quantitative estimate of drug-likeness (QED) is 0.211. The van der Waals surface area contributed by atoms with Crippen LogP contribution in [0.4, 0.5) is 16.0 Å². The molecule has 4 aromatic rings. The van der Waals surface area contributed by atoms with Gasteiger partial charge in [-0.1, -0.05) is 30.1 Å². The third kappa shape index (κ3) is 5.72. The van der Waals surface area contributed by atoms with E-state index in [0.717, 1.165) is 9.95 Å². The molecule has 38 heavy (non-hydrogen) atoms. The number of hydrogen-bond donors (Lipinski definition) is 3. The lowest BCUT2D eigenvalue weighted by atomic mass is 10.0. The maximum absolute atomic E-state index is 14.7. The van der Waals surface area contributed by atoms with Crippen molar-refractivity contribution in [3.05, 3.63) is 78.4 Å². The summed E-state index contributed by atoms with van der Waals surface area (Å²) in [5.41, 5.74) is 6.26. The molecular formula is C24H26Cl2FN9O2. The van der Waals surface area contributed by atoms with Crippen molar-refractivity contribution in [1.82, 2.24) is 29.2 Å². The van der Waals surface area contributed by atoms with E-state index in [-0.39, 0.29) is 36.6 Å². The normalized spacial score (nSPS) is 11.9. The van der Waals surface area contributed by atoms with E-state index in [1.54, 1.807) is 50.1 Å². The molecule has 14 heteroatoms. The largest absolute Gasteiger partial charge is 0.386 e. The number of anilines is 2. The molecule has 0 aliphatic heterocycles. The zero-order valence-electron chi connectivity index (χ0n) is 20.9. The van der Waals surface area contributed by atoms with Crippen LogP contribution in [0.1, 0.15) is 18.1 Å². The summed E-state index contributed by atoms with van der Waals surface area (Å²) < 4.78 is 18.4. The zero-order chi connectivity index (χ0) is 27.6. The molecule has 2 aromatic heterocycles. The molecular weight excluding hydrogens is 536 g/mol. The lowest BCUT2D eigenvalue weighted by molar-refractivity contribution is 0.586. The summed E-state index contributed by atoms with van der Waals surface area (Å²) >= 11 is 12.6. The number of aliphatic imine (C=N–C) groups is 1. The van der Waals surface area contributed by atoms with E-state index in [0.29, 0.717) is 33.8 Å². The van der Waals surface area contributed by atoms with Crippen molar-refractivity contribution in [2.75, 3.05) is 19.0 Å². The van der Waals surface area contributed by atoms with Gasteiger partial charge in [-0.3, -0.25) is 14.2 Å². The van der Waals surface area contributed by atoms with Crippen molar-refractivity contribution >= 4 is 51.6 Å². The molecule has 4 rings (SSSR count). The second kappa shape index (κ2) is 11.3. The highest BCUT2D eigenvalue weighted by Crippen LogP contribution is 2.29. The molecule has 0 aliphatic carbocycles. The van der Waals surface area contributed by atoms with Gasteiger partial charge in [-0.2, -0.15) is 10.1 Å². The number of hydrogen-bond acceptors (Lipinski definition) is 7. The first-order valence-corrected chi connectivity index (χ1v) is 12.4. The lowest BCUT2D eigenvalue weighted by Crippen LogP contribution is -2.45. The maximum atomic E-state index is 14.7. The summed E-state index contributed by atoms with van der Waals surface area (Å²) in [7, 11) is 3.46. The van der Waals surface area contributed by atoms with Gasteiger partial charge in [0, 0.05) is 23.7 Å². The van der Waals surface area contributed by atoms with Gasteiger partial charge in [0.15, 0.2) is 0 Å². The fraction of sp³-hybridized carbons (Fsp3) is 0.292. The van der Waals surface area contributed by atoms with Gasteiger partial charge >= 0.3 is 11.4 Å². The topological polar surface area (TPSA) is 137 Å². The molecule has 0 fully saturated rings. The van der Waals surface area contributed by atoms with Crippen LogP contribution in [0, 0.1) is 5.82 Å². The number of aromatic nitrogens is 5. The molecule has 4 N–H and O–H groups in total. The Morgan fingerprint density at radius 2 is 1.95 bits per heavy atom. The second-order valence-electron chi connectivity index (χ2n) is 8.53. The summed E-state index contributed by atoms with van der Waals surface area (Å²) in [6.45, 7) is 1.59. The Kier molecular flexibility index (Phi) is 8.14. The Labute approximate surface area is 226 Å². The number of fused-ring (bicyclic) bond motifs is 1. The Morgan fingerprint density at radius 1 is 1.18 bits per heavy atom. The van der Waals surface area contributed by atoms with Crippen molar-refractivity contribution in [3.8, 4) is 0 Å². The monoisotopic (exact) mass is 561 g/mol. The fourth-order valence-electron chi connectivity index (χ4n) is 4.05. The van der Waals surface area contributed by atoms with Gasteiger partial charge in [-0.25, -0.2) is 18.5 Å². The Morgan fingerprint density at radius 3 is 2.66 bits per heavy atom. The van der Waals surface area contributed by atoms with E-state index < -0.39 is 17.2 Å². The van der Waals surface area contributed by atoms with Gasteiger partial charge in [-0.15, -0.1) is 0 Å². The van der Waals surface area contributed by atoms with Crippen LogP contribution in [-0.4, -0.2) is 43.5 Å². The van der Waals surface area contributed by atoms with Crippen molar-refractivity contribution in [1.29, 1.82) is 0 Å². The minimum Gasteiger partial charge on any atom is -0.386 e. The third-order valence-corrected chi connectivity index (χ3v) is 6.33. The summed E-state index contributed by atoms with van der Waals surface area (Å²) in [6.07, 6.45) is 2.15. The van der Waals surface area contributed by atoms with E-state index in [1.165, 1.54) is 10.6 Å². The van der Waals surface area contributed by atoms with Crippen LogP contribution < -0.4 is 27.7 Å². The highest BCUT2D eigenvalue weighted by molar-refractivity contribution is 6.34. The highest BCUT2D eigenvalue weighted by atomic mass is 35.5. The number of halogens is 3. The third-order valence-electron chi connectivity index (χ3n) is 5.80. The first kappa shape index (κ1) is 27.3. The number of nitrogens with two attached hydrogens (primary N) is 1. The van der Waals surface area contributed by atoms with Crippen LogP contribution in [0.25, 0.3) is 10.9 Å². The number of rotatable bonds is 9. The fourth-order valence-corrected chi connectivity index (χ4v) is 4.48. The van der Waals surface area contributed by atoms with Crippen molar-refractivity contribution in [2.45, 2.75) is 26.4 Å². The molecule has 200 valence electrons. The van der Waals surface area contributed by atoms with Crippen LogP contribution >= 0.6 is 23.2 Å². The molecule has 0 spiro atoms. The van der Waals surface area contributed by atoms with Gasteiger partial charge in [0.1, 0.15) is 11.7 Å². The average Bonchev–Trinajstić information content (AvgIpc) is 3.21. The minimum absolute atomic E-state index is 0.0562. The average molecular weight is 562 g/mol. The molecule has 0 radical (unpaired) electrons. The van der Waals surface area contributed by atoms with E-state index in [4.69, 9.17) is 28.9 Å². The minimum atomic E-state index is -0.845. The highest BCUT2D eigenvalue weighted by Gasteiger charge is 2.19. The first-order valence-electron chi connectivity index (χ1n) is 11.6. The molecule has 2 aromatic carbocycles. The standard InChI is InChI=1S/C24H26Cl2FN9O2/c1-4-16-13(5-15(25)7-18(16)27)10-35-22(31-20-6-14-9-34(3)33-19(14)8-17(20)26)32-23(37)36(24(35)38)11-21(28)30-12-29-2/h5-9,29H,4,10-12H2,1-3H3,(H2,28,30)(H,31,32,37). The Balaban J connectivity index is 1.87. The lowest BCUT2D eigenvalue weighted by Gasteiger charge is -2.18. The first-order chi connectivity index (χ1) is 18.1. The maximum Gasteiger partial charge on any atom is 0.355 e. The van der Waals surface area contributed by atoms with Crippen LogP contribution in [0.15, 0.2) is 45.0 Å². The van der Waals surface area contributed by atoms with Crippen LogP contribution in [0.5, 0.6) is 0 Å². The molecule has 0 atom stereocenters. The van der Waals surface area contributed by atoms with Gasteiger partial charge in [-0.05, 0) is 48.9 Å². The number of amidine groups is 1. The number of aryl methyl sites for hydroxylation is 1. The van der Waals surface area contributed by atoms with Crippen molar-refractivity contribution in [3.63, 3.8) is 0 Å². The summed E-state index contributed by atoms with van der Waals surface area (Å²) in [5.74, 6) is -0.525. The molecule has 0 unspecified atom stereocenters. The van der Waals surface area contributed by atoms with E-state index in [9.17, 15) is 14.0 Å². The van der Waals surface area contributed by atoms with Gasteiger partial charge in [0.05, 0.1) is 36.0 Å². The van der Waals surface area contributed by atoms with Crippen molar-refractivity contribution in [2.24, 2.45) is 17.8 Å². The molecule has 2 heterocycles. The molecule has 0 saturated heterocycles. The molecule has 0 bridgehead atoms. The Hall–Kier alpha value is -3.74. The van der Waals surface area contributed by atoms with E-state index in [2.05, 4.69) is 25.7 Å². The van der Waals surface area contributed by atoms with Crippen LogP contribution in [0.3, 0.4) is 0 Å². The number of nitrogens with zero attached hydrogens (tertiary/aromatic N) is 6. The summed E-state index contributed by atoms with van der Waals surface area (Å²) in [5, 5.41) is 11.4. The second-order valence-corrected chi connectivity index (χ2v) is 9.38. The number of nitrogens with one attached hydrogen (secondary N) is 2. The van der Waals surface area contributed by atoms with Crippen LogP contribution in [-0.2, 0) is 26.6 Å². The van der Waals surface area contributed by atoms with Crippen molar-refractivity contribution < 1.29 is 4.39 Å². The SMILES string of the molecule is CCc1c(F)cc(Cl)cc1Cn1c(Nc2cc3cn(C)nc3cc2Cl)nc(=O)n(CC(N)=NCNC)c1=O. The zero-order valence-corrected chi connectivity index (χ0v) is 22.4. The predicted molar refractivity (Wildman–Crippen MR) is 147 cm³/mol. The van der Waals surface area contributed by atoms with E-state index in [1.807, 2.05) is 0 Å². The molecule has 0 aliphatic rings. The van der Waals surface area contributed by atoms with Gasteiger partial charge in [0.2, 0.25) is 5.95 Å². The smallest absolute Gasteiger partial charge is 0.355 e.